The van der Waals surface area contributed by atoms with Gasteiger partial charge in [0.15, 0.2) is 0 Å². The SMILES string of the molecule is CNC1CCOc2cc(OC)cc(OC)c21. The van der Waals surface area contributed by atoms with Crippen LogP contribution in [0.25, 0.3) is 0 Å². The Morgan fingerprint density at radius 3 is 2.75 bits per heavy atom. The van der Waals surface area contributed by atoms with Gasteiger partial charge in [0.05, 0.1) is 26.4 Å². The minimum absolute atomic E-state index is 0.282. The topological polar surface area (TPSA) is 39.7 Å². The predicted molar refractivity (Wildman–Crippen MR) is 61.5 cm³/mol. The molecule has 4 nitrogen and oxygen atoms in total. The summed E-state index contributed by atoms with van der Waals surface area (Å²) in [6.07, 6.45) is 0.951. The lowest BCUT2D eigenvalue weighted by Gasteiger charge is -2.27. The lowest BCUT2D eigenvalue weighted by Crippen LogP contribution is -2.24. The van der Waals surface area contributed by atoms with Crippen molar-refractivity contribution in [1.82, 2.24) is 5.32 Å². The van der Waals surface area contributed by atoms with Gasteiger partial charge in [-0.2, -0.15) is 0 Å². The minimum Gasteiger partial charge on any atom is -0.496 e. The number of fused-ring (bicyclic) bond motifs is 1. The molecule has 1 atom stereocenters. The molecule has 0 saturated heterocycles. The van der Waals surface area contributed by atoms with E-state index in [0.29, 0.717) is 0 Å². The number of hydrogen-bond acceptors (Lipinski definition) is 4. The van der Waals surface area contributed by atoms with E-state index in [-0.39, 0.29) is 6.04 Å². The first-order valence-corrected chi connectivity index (χ1v) is 5.36. The molecule has 16 heavy (non-hydrogen) atoms. The third-order valence-electron chi connectivity index (χ3n) is 2.89. The molecule has 0 aromatic heterocycles. The fourth-order valence-corrected chi connectivity index (χ4v) is 2.05. The van der Waals surface area contributed by atoms with Crippen LogP contribution in [0.1, 0.15) is 18.0 Å². The molecular weight excluding hydrogens is 206 g/mol. The molecule has 0 bridgehead atoms. The first-order chi connectivity index (χ1) is 7.80. The molecule has 0 saturated carbocycles. The van der Waals surface area contributed by atoms with Crippen LogP contribution in [-0.4, -0.2) is 27.9 Å². The van der Waals surface area contributed by atoms with Crippen LogP contribution in [0.2, 0.25) is 0 Å². The molecule has 1 aromatic rings. The van der Waals surface area contributed by atoms with E-state index in [9.17, 15) is 0 Å². The zero-order chi connectivity index (χ0) is 11.5. The molecule has 1 aromatic carbocycles. The second-order valence-corrected chi connectivity index (χ2v) is 3.72. The molecule has 0 spiro atoms. The first kappa shape index (κ1) is 11.1. The highest BCUT2D eigenvalue weighted by atomic mass is 16.5. The van der Waals surface area contributed by atoms with Crippen molar-refractivity contribution in [3.05, 3.63) is 17.7 Å². The van der Waals surface area contributed by atoms with Crippen LogP contribution in [0, 0.1) is 0 Å². The zero-order valence-corrected chi connectivity index (χ0v) is 9.87. The Morgan fingerprint density at radius 1 is 1.31 bits per heavy atom. The number of rotatable bonds is 3. The van der Waals surface area contributed by atoms with Crippen LogP contribution < -0.4 is 19.5 Å². The second-order valence-electron chi connectivity index (χ2n) is 3.72. The molecule has 1 heterocycles. The third kappa shape index (κ3) is 1.80. The van der Waals surface area contributed by atoms with Crippen molar-refractivity contribution in [3.8, 4) is 17.2 Å². The van der Waals surface area contributed by atoms with Gasteiger partial charge in [-0.15, -0.1) is 0 Å². The molecule has 0 aliphatic carbocycles. The Morgan fingerprint density at radius 2 is 2.12 bits per heavy atom. The minimum atomic E-state index is 0.282. The van der Waals surface area contributed by atoms with Crippen LogP contribution in [0.4, 0.5) is 0 Å². The second kappa shape index (κ2) is 4.61. The molecule has 0 radical (unpaired) electrons. The van der Waals surface area contributed by atoms with Crippen LogP contribution in [0.15, 0.2) is 12.1 Å². The van der Waals surface area contributed by atoms with Gasteiger partial charge in [-0.05, 0) is 7.05 Å². The average molecular weight is 223 g/mol. The predicted octanol–water partition coefficient (Wildman–Crippen LogP) is 1.75. The van der Waals surface area contributed by atoms with Crippen LogP contribution >= 0.6 is 0 Å². The van der Waals surface area contributed by atoms with Crippen molar-refractivity contribution in [2.45, 2.75) is 12.5 Å². The van der Waals surface area contributed by atoms with Gasteiger partial charge in [-0.1, -0.05) is 0 Å². The number of methoxy groups -OCH3 is 2. The van der Waals surface area contributed by atoms with Gasteiger partial charge in [0.1, 0.15) is 17.2 Å². The highest BCUT2D eigenvalue weighted by Gasteiger charge is 2.25. The molecule has 1 N–H and O–H groups in total. The molecule has 0 amide bonds. The Bertz CT molecular complexity index is 362. The fourth-order valence-electron chi connectivity index (χ4n) is 2.05. The Kier molecular flexibility index (Phi) is 3.19. The first-order valence-electron chi connectivity index (χ1n) is 5.36. The molecule has 88 valence electrons. The van der Waals surface area contributed by atoms with Crippen molar-refractivity contribution < 1.29 is 14.2 Å². The number of hydrogen-bond donors (Lipinski definition) is 1. The smallest absolute Gasteiger partial charge is 0.131 e. The van der Waals surface area contributed by atoms with Crippen molar-refractivity contribution in [2.24, 2.45) is 0 Å². The largest absolute Gasteiger partial charge is 0.496 e. The molecule has 1 unspecified atom stereocenters. The van der Waals surface area contributed by atoms with Gasteiger partial charge in [0.2, 0.25) is 0 Å². The Balaban J connectivity index is 2.50. The summed E-state index contributed by atoms with van der Waals surface area (Å²) in [5, 5.41) is 3.27. The standard InChI is InChI=1S/C12H17NO3/c1-13-9-4-5-16-11-7-8(14-2)6-10(15-3)12(9)11/h6-7,9,13H,4-5H2,1-3H3. The van der Waals surface area contributed by atoms with E-state index in [1.165, 1.54) is 0 Å². The Hall–Kier alpha value is -1.42. The summed E-state index contributed by atoms with van der Waals surface area (Å²) >= 11 is 0. The maximum Gasteiger partial charge on any atom is 0.131 e. The molecular formula is C12H17NO3. The average Bonchev–Trinajstić information content (AvgIpc) is 2.36. The number of nitrogens with one attached hydrogen (secondary N) is 1. The molecule has 1 aliphatic heterocycles. The summed E-state index contributed by atoms with van der Waals surface area (Å²) in [6.45, 7) is 0.717. The summed E-state index contributed by atoms with van der Waals surface area (Å²) in [7, 11) is 5.25. The lowest BCUT2D eigenvalue weighted by molar-refractivity contribution is 0.249. The molecule has 4 heteroatoms. The van der Waals surface area contributed by atoms with Crippen molar-refractivity contribution in [3.63, 3.8) is 0 Å². The van der Waals surface area contributed by atoms with Gasteiger partial charge in [-0.3, -0.25) is 0 Å². The summed E-state index contributed by atoms with van der Waals surface area (Å²) in [5.41, 5.74) is 1.08. The number of ether oxygens (including phenoxy) is 3. The van der Waals surface area contributed by atoms with E-state index in [1.54, 1.807) is 14.2 Å². The van der Waals surface area contributed by atoms with E-state index in [0.717, 1.165) is 35.8 Å². The van der Waals surface area contributed by atoms with Gasteiger partial charge in [-0.25, -0.2) is 0 Å². The number of benzene rings is 1. The van der Waals surface area contributed by atoms with E-state index < -0.39 is 0 Å². The van der Waals surface area contributed by atoms with Gasteiger partial charge in [0, 0.05) is 24.6 Å². The summed E-state index contributed by atoms with van der Waals surface area (Å²) in [6, 6.07) is 4.07. The molecule has 0 fully saturated rings. The normalized spacial score (nSPS) is 18.6. The van der Waals surface area contributed by atoms with Gasteiger partial charge >= 0.3 is 0 Å². The van der Waals surface area contributed by atoms with E-state index >= 15 is 0 Å². The quantitative estimate of drug-likeness (QED) is 0.847. The lowest BCUT2D eigenvalue weighted by atomic mass is 9.99. The maximum atomic E-state index is 5.64. The highest BCUT2D eigenvalue weighted by Crippen LogP contribution is 2.41. The van der Waals surface area contributed by atoms with Crippen LogP contribution in [0.5, 0.6) is 17.2 Å². The molecule has 2 rings (SSSR count). The Labute approximate surface area is 95.5 Å². The molecule has 1 aliphatic rings. The third-order valence-corrected chi connectivity index (χ3v) is 2.89. The highest BCUT2D eigenvalue weighted by molar-refractivity contribution is 5.53. The van der Waals surface area contributed by atoms with E-state index in [1.807, 2.05) is 19.2 Å². The van der Waals surface area contributed by atoms with Crippen molar-refractivity contribution in [1.29, 1.82) is 0 Å². The van der Waals surface area contributed by atoms with Gasteiger partial charge < -0.3 is 19.5 Å². The van der Waals surface area contributed by atoms with E-state index in [2.05, 4.69) is 5.32 Å². The summed E-state index contributed by atoms with van der Waals surface area (Å²) in [4.78, 5) is 0. The van der Waals surface area contributed by atoms with Crippen LogP contribution in [-0.2, 0) is 0 Å². The summed E-state index contributed by atoms with van der Waals surface area (Å²) < 4.78 is 16.2. The van der Waals surface area contributed by atoms with Crippen LogP contribution in [0.3, 0.4) is 0 Å². The van der Waals surface area contributed by atoms with Gasteiger partial charge in [0.25, 0.3) is 0 Å². The summed E-state index contributed by atoms with van der Waals surface area (Å²) in [5.74, 6) is 2.42. The maximum absolute atomic E-state index is 5.64. The zero-order valence-electron chi connectivity index (χ0n) is 9.87. The van der Waals surface area contributed by atoms with Crippen molar-refractivity contribution >= 4 is 0 Å². The van der Waals surface area contributed by atoms with E-state index in [4.69, 9.17) is 14.2 Å². The monoisotopic (exact) mass is 223 g/mol. The fraction of sp³-hybridized carbons (Fsp3) is 0.500. The van der Waals surface area contributed by atoms with Crippen molar-refractivity contribution in [2.75, 3.05) is 27.9 Å².